The fraction of sp³-hybridized carbons (Fsp3) is 0.500. The molecule has 0 saturated carbocycles. The van der Waals surface area contributed by atoms with Gasteiger partial charge in [0, 0.05) is 12.6 Å². The lowest BCUT2D eigenvalue weighted by atomic mass is 9.92. The van der Waals surface area contributed by atoms with Crippen molar-refractivity contribution in [2.24, 2.45) is 0 Å². The summed E-state index contributed by atoms with van der Waals surface area (Å²) in [5.74, 6) is -0.620. The van der Waals surface area contributed by atoms with Gasteiger partial charge in [0.1, 0.15) is 6.04 Å². The molecule has 2 aliphatic heterocycles. The number of rotatable bonds is 2. The van der Waals surface area contributed by atoms with E-state index in [0.29, 0.717) is 19.4 Å². The van der Waals surface area contributed by atoms with Gasteiger partial charge >= 0.3 is 5.97 Å². The van der Waals surface area contributed by atoms with Gasteiger partial charge in [-0.3, -0.25) is 9.69 Å². The van der Waals surface area contributed by atoms with Gasteiger partial charge in [-0.15, -0.1) is 0 Å². The van der Waals surface area contributed by atoms with Crippen LogP contribution in [0.3, 0.4) is 0 Å². The first-order valence-electron chi connectivity index (χ1n) is 6.72. The molecular formula is C14H17NO4S. The quantitative estimate of drug-likeness (QED) is 0.868. The van der Waals surface area contributed by atoms with Crippen LogP contribution in [-0.2, 0) is 27.6 Å². The molecule has 1 N–H and O–H groups in total. The lowest BCUT2D eigenvalue weighted by molar-refractivity contribution is -0.144. The van der Waals surface area contributed by atoms with Gasteiger partial charge in [0.2, 0.25) is 0 Å². The Morgan fingerprint density at radius 2 is 1.95 bits per heavy atom. The highest BCUT2D eigenvalue weighted by Gasteiger charge is 2.40. The second-order valence-corrected chi connectivity index (χ2v) is 7.78. The molecule has 2 atom stereocenters. The fourth-order valence-corrected chi connectivity index (χ4v) is 4.94. The summed E-state index contributed by atoms with van der Waals surface area (Å²) < 4.78 is 23.3. The Balaban J connectivity index is 1.91. The van der Waals surface area contributed by atoms with E-state index in [-0.39, 0.29) is 17.5 Å². The molecule has 0 spiro atoms. The third-order valence-corrected chi connectivity index (χ3v) is 6.00. The molecule has 6 heteroatoms. The first kappa shape index (κ1) is 13.6. The fourth-order valence-electron chi connectivity index (χ4n) is 3.19. The minimum absolute atomic E-state index is 0.0823. The van der Waals surface area contributed by atoms with Gasteiger partial charge in [-0.05, 0) is 24.0 Å². The highest BCUT2D eigenvalue weighted by molar-refractivity contribution is 7.91. The SMILES string of the molecule is O=C(O)C1Cc2ccccc2CN1C1CCS(=O)(=O)C1. The predicted molar refractivity (Wildman–Crippen MR) is 74.2 cm³/mol. The number of fused-ring (bicyclic) bond motifs is 1. The summed E-state index contributed by atoms with van der Waals surface area (Å²) >= 11 is 0. The van der Waals surface area contributed by atoms with Crippen LogP contribution in [0.5, 0.6) is 0 Å². The van der Waals surface area contributed by atoms with Crippen molar-refractivity contribution in [1.29, 1.82) is 0 Å². The second-order valence-electron chi connectivity index (χ2n) is 5.56. The van der Waals surface area contributed by atoms with Crippen molar-refractivity contribution < 1.29 is 18.3 Å². The molecule has 1 aromatic rings. The van der Waals surface area contributed by atoms with Gasteiger partial charge in [-0.25, -0.2) is 8.42 Å². The van der Waals surface area contributed by atoms with Crippen molar-refractivity contribution in [3.8, 4) is 0 Å². The Hall–Kier alpha value is -1.40. The van der Waals surface area contributed by atoms with Gasteiger partial charge in [0.15, 0.2) is 9.84 Å². The Kier molecular flexibility index (Phi) is 3.30. The molecule has 0 aliphatic carbocycles. The van der Waals surface area contributed by atoms with Gasteiger partial charge in [0.25, 0.3) is 0 Å². The summed E-state index contributed by atoms with van der Waals surface area (Å²) in [7, 11) is -3.01. The van der Waals surface area contributed by atoms with E-state index in [9.17, 15) is 18.3 Å². The van der Waals surface area contributed by atoms with Crippen LogP contribution in [0.4, 0.5) is 0 Å². The molecule has 1 fully saturated rings. The summed E-state index contributed by atoms with van der Waals surface area (Å²) in [5, 5.41) is 9.43. The van der Waals surface area contributed by atoms with Gasteiger partial charge in [-0.1, -0.05) is 24.3 Å². The van der Waals surface area contributed by atoms with Crippen LogP contribution >= 0.6 is 0 Å². The largest absolute Gasteiger partial charge is 0.480 e. The number of sulfone groups is 1. The van der Waals surface area contributed by atoms with Crippen molar-refractivity contribution in [1.82, 2.24) is 4.90 Å². The maximum Gasteiger partial charge on any atom is 0.321 e. The third-order valence-electron chi connectivity index (χ3n) is 4.25. The molecule has 2 heterocycles. The smallest absolute Gasteiger partial charge is 0.321 e. The summed E-state index contributed by atoms with van der Waals surface area (Å²) in [4.78, 5) is 13.4. The van der Waals surface area contributed by atoms with E-state index in [1.807, 2.05) is 29.2 Å². The normalized spacial score (nSPS) is 29.0. The molecule has 0 bridgehead atoms. The zero-order valence-electron chi connectivity index (χ0n) is 11.0. The van der Waals surface area contributed by atoms with E-state index >= 15 is 0 Å². The van der Waals surface area contributed by atoms with Crippen LogP contribution in [0.25, 0.3) is 0 Å². The zero-order valence-corrected chi connectivity index (χ0v) is 11.8. The average Bonchev–Trinajstić information content (AvgIpc) is 2.77. The Morgan fingerprint density at radius 3 is 2.55 bits per heavy atom. The molecule has 0 amide bonds. The number of aliphatic carboxylic acids is 1. The first-order chi connectivity index (χ1) is 9.46. The van der Waals surface area contributed by atoms with Gasteiger partial charge in [-0.2, -0.15) is 0 Å². The van der Waals surface area contributed by atoms with Gasteiger partial charge in [0.05, 0.1) is 11.5 Å². The molecule has 0 radical (unpaired) electrons. The Labute approximate surface area is 118 Å². The minimum atomic E-state index is -3.01. The van der Waals surface area contributed by atoms with Crippen molar-refractivity contribution in [3.05, 3.63) is 35.4 Å². The predicted octanol–water partition coefficient (Wildman–Crippen LogP) is 0.685. The molecule has 3 rings (SSSR count). The van der Waals surface area contributed by atoms with E-state index in [2.05, 4.69) is 0 Å². The Bertz CT molecular complexity index is 640. The van der Waals surface area contributed by atoms with E-state index in [0.717, 1.165) is 11.1 Å². The van der Waals surface area contributed by atoms with Crippen LogP contribution in [0, 0.1) is 0 Å². The maximum absolute atomic E-state index is 11.6. The standard InChI is InChI=1S/C14H17NO4S/c16-14(17)13-7-10-3-1-2-4-11(10)8-15(13)12-5-6-20(18,19)9-12/h1-4,12-13H,5-9H2,(H,16,17). The van der Waals surface area contributed by atoms with Crippen molar-refractivity contribution in [2.45, 2.75) is 31.5 Å². The van der Waals surface area contributed by atoms with E-state index in [1.165, 1.54) is 0 Å². The molecule has 0 aromatic heterocycles. The number of carboxylic acid groups (broad SMARTS) is 1. The second kappa shape index (κ2) is 4.86. The van der Waals surface area contributed by atoms with Crippen LogP contribution in [0.1, 0.15) is 17.5 Å². The maximum atomic E-state index is 11.6. The number of carbonyl (C=O) groups is 1. The van der Waals surface area contributed by atoms with Crippen LogP contribution in [-0.4, -0.2) is 48.0 Å². The molecule has 20 heavy (non-hydrogen) atoms. The summed E-state index contributed by atoms with van der Waals surface area (Å²) in [5.41, 5.74) is 2.16. The van der Waals surface area contributed by atoms with E-state index < -0.39 is 21.8 Å². The molecule has 108 valence electrons. The summed E-state index contributed by atoms with van der Waals surface area (Å²) in [6.45, 7) is 0.521. The lowest BCUT2D eigenvalue weighted by Crippen LogP contribution is -2.51. The van der Waals surface area contributed by atoms with E-state index in [4.69, 9.17) is 0 Å². The molecule has 1 aromatic carbocycles. The van der Waals surface area contributed by atoms with Crippen molar-refractivity contribution in [3.63, 3.8) is 0 Å². The molecule has 2 aliphatic rings. The van der Waals surface area contributed by atoms with E-state index in [1.54, 1.807) is 0 Å². The summed E-state index contributed by atoms with van der Waals surface area (Å²) in [6, 6.07) is 6.99. The van der Waals surface area contributed by atoms with Crippen LogP contribution < -0.4 is 0 Å². The zero-order chi connectivity index (χ0) is 14.3. The molecule has 2 unspecified atom stereocenters. The summed E-state index contributed by atoms with van der Waals surface area (Å²) in [6.07, 6.45) is 0.982. The van der Waals surface area contributed by atoms with Crippen LogP contribution in [0.15, 0.2) is 24.3 Å². The number of carboxylic acids is 1. The first-order valence-corrected chi connectivity index (χ1v) is 8.54. The molecular weight excluding hydrogens is 278 g/mol. The average molecular weight is 295 g/mol. The molecule has 5 nitrogen and oxygen atoms in total. The number of nitrogens with zero attached hydrogens (tertiary/aromatic N) is 1. The van der Waals surface area contributed by atoms with Crippen molar-refractivity contribution >= 4 is 15.8 Å². The third kappa shape index (κ3) is 2.45. The van der Waals surface area contributed by atoms with Gasteiger partial charge < -0.3 is 5.11 Å². The minimum Gasteiger partial charge on any atom is -0.480 e. The Morgan fingerprint density at radius 1 is 1.25 bits per heavy atom. The topological polar surface area (TPSA) is 74.7 Å². The highest BCUT2D eigenvalue weighted by Crippen LogP contribution is 2.29. The lowest BCUT2D eigenvalue weighted by Gasteiger charge is -2.38. The number of hydrogen-bond donors (Lipinski definition) is 1. The molecule has 1 saturated heterocycles. The number of benzene rings is 1. The van der Waals surface area contributed by atoms with Crippen LogP contribution in [0.2, 0.25) is 0 Å². The number of hydrogen-bond acceptors (Lipinski definition) is 4. The monoisotopic (exact) mass is 295 g/mol. The highest BCUT2D eigenvalue weighted by atomic mass is 32.2. The van der Waals surface area contributed by atoms with Crippen molar-refractivity contribution in [2.75, 3.05) is 11.5 Å².